The van der Waals surface area contributed by atoms with E-state index in [-0.39, 0.29) is 29.3 Å². The van der Waals surface area contributed by atoms with Crippen molar-refractivity contribution in [3.8, 4) is 0 Å². The van der Waals surface area contributed by atoms with Crippen LogP contribution in [0.25, 0.3) is 0 Å². The second kappa shape index (κ2) is 5.42. The first-order valence-corrected chi connectivity index (χ1v) is 6.20. The molecule has 0 aromatic rings. The third kappa shape index (κ3) is 2.81. The molecule has 0 aromatic heterocycles. The number of ketones is 2. The maximum absolute atomic E-state index is 12.0. The van der Waals surface area contributed by atoms with Gasteiger partial charge in [-0.1, -0.05) is 32.9 Å². The van der Waals surface area contributed by atoms with Crippen LogP contribution in [0, 0.1) is 11.3 Å². The van der Waals surface area contributed by atoms with Crippen molar-refractivity contribution in [1.29, 1.82) is 0 Å². The lowest BCUT2D eigenvalue weighted by Gasteiger charge is -2.37. The second-order valence-electron chi connectivity index (χ2n) is 5.08. The number of Topliss-reactive ketones (excluding diaryl/α,β-unsaturated/α-hetero) is 2. The number of hydrogen-bond donors (Lipinski definition) is 0. The van der Waals surface area contributed by atoms with Gasteiger partial charge in [0, 0.05) is 11.8 Å². The van der Waals surface area contributed by atoms with E-state index in [4.69, 9.17) is 0 Å². The summed E-state index contributed by atoms with van der Waals surface area (Å²) in [6.45, 7) is 6.15. The first-order valence-electron chi connectivity index (χ1n) is 6.20. The van der Waals surface area contributed by atoms with Crippen LogP contribution in [0.15, 0.2) is 12.2 Å². The van der Waals surface area contributed by atoms with Gasteiger partial charge in [-0.25, -0.2) is 0 Å². The largest absolute Gasteiger partial charge is 0.299 e. The van der Waals surface area contributed by atoms with Crippen LogP contribution < -0.4 is 0 Å². The van der Waals surface area contributed by atoms with Crippen molar-refractivity contribution in [2.24, 2.45) is 11.3 Å². The first-order chi connectivity index (χ1) is 7.50. The average Bonchev–Trinajstić information content (AvgIpc) is 2.21. The Balaban J connectivity index is 2.63. The van der Waals surface area contributed by atoms with Gasteiger partial charge in [-0.3, -0.25) is 9.59 Å². The van der Waals surface area contributed by atoms with Crippen LogP contribution in [-0.4, -0.2) is 11.6 Å². The number of hydrogen-bond acceptors (Lipinski definition) is 2. The summed E-state index contributed by atoms with van der Waals surface area (Å²) in [4.78, 5) is 23.3. The normalized spacial score (nSPS) is 31.3. The molecule has 0 bridgehead atoms. The molecule has 0 amide bonds. The molecule has 1 rings (SSSR count). The summed E-state index contributed by atoms with van der Waals surface area (Å²) in [5.41, 5.74) is -0.286. The summed E-state index contributed by atoms with van der Waals surface area (Å²) in [5.74, 6) is 0.441. The van der Waals surface area contributed by atoms with Crippen LogP contribution in [0.5, 0.6) is 0 Å². The van der Waals surface area contributed by atoms with E-state index in [9.17, 15) is 9.59 Å². The lowest BCUT2D eigenvalue weighted by Crippen LogP contribution is -2.41. The van der Waals surface area contributed by atoms with E-state index in [1.807, 2.05) is 13.8 Å². The number of carbonyl (C=O) groups is 2. The predicted octanol–water partition coefficient (Wildman–Crippen LogP) is 3.31. The Kier molecular flexibility index (Phi) is 4.45. The molecule has 0 radical (unpaired) electrons. The van der Waals surface area contributed by atoms with Crippen LogP contribution in [0.3, 0.4) is 0 Å². The number of carbonyl (C=O) groups excluding carboxylic acids is 2. The van der Waals surface area contributed by atoms with E-state index in [1.54, 1.807) is 0 Å². The van der Waals surface area contributed by atoms with Crippen LogP contribution in [-0.2, 0) is 9.59 Å². The van der Waals surface area contributed by atoms with Gasteiger partial charge in [0.2, 0.25) is 0 Å². The summed E-state index contributed by atoms with van der Waals surface area (Å²) in [5, 5.41) is 0. The maximum Gasteiger partial charge on any atom is 0.146 e. The minimum Gasteiger partial charge on any atom is -0.299 e. The van der Waals surface area contributed by atoms with Crippen molar-refractivity contribution in [2.45, 2.75) is 52.9 Å². The monoisotopic (exact) mass is 222 g/mol. The molecule has 1 aliphatic rings. The van der Waals surface area contributed by atoms with Gasteiger partial charge in [-0.05, 0) is 25.2 Å². The van der Waals surface area contributed by atoms with Crippen LogP contribution in [0.4, 0.5) is 0 Å². The van der Waals surface area contributed by atoms with Crippen molar-refractivity contribution in [3.05, 3.63) is 12.2 Å². The lowest BCUT2D eigenvalue weighted by molar-refractivity contribution is -0.141. The Morgan fingerprint density at radius 2 is 2.06 bits per heavy atom. The average molecular weight is 222 g/mol. The SMILES string of the molecule is CC/C=C\CC[C@]1(C)C(=O)CC(=O)C[C@H]1C. The molecular formula is C14H22O2. The number of rotatable bonds is 4. The summed E-state index contributed by atoms with van der Waals surface area (Å²) < 4.78 is 0. The molecule has 90 valence electrons. The van der Waals surface area contributed by atoms with Crippen molar-refractivity contribution in [1.82, 2.24) is 0 Å². The van der Waals surface area contributed by atoms with E-state index in [2.05, 4.69) is 19.1 Å². The molecule has 1 saturated carbocycles. The van der Waals surface area contributed by atoms with E-state index in [0.717, 1.165) is 19.3 Å². The quantitative estimate of drug-likeness (QED) is 0.540. The smallest absolute Gasteiger partial charge is 0.146 e. The molecular weight excluding hydrogens is 200 g/mol. The molecule has 0 N–H and O–H groups in total. The fourth-order valence-electron chi connectivity index (χ4n) is 2.35. The molecule has 0 aromatic carbocycles. The van der Waals surface area contributed by atoms with Crippen molar-refractivity contribution < 1.29 is 9.59 Å². The highest BCUT2D eigenvalue weighted by Crippen LogP contribution is 2.40. The zero-order valence-corrected chi connectivity index (χ0v) is 10.6. The maximum atomic E-state index is 12.0. The molecule has 0 saturated heterocycles. The van der Waals surface area contributed by atoms with Gasteiger partial charge < -0.3 is 0 Å². The Morgan fingerprint density at radius 3 is 2.62 bits per heavy atom. The predicted molar refractivity (Wildman–Crippen MR) is 65.2 cm³/mol. The van der Waals surface area contributed by atoms with Gasteiger partial charge >= 0.3 is 0 Å². The molecule has 2 nitrogen and oxygen atoms in total. The lowest BCUT2D eigenvalue weighted by atomic mass is 9.65. The second-order valence-corrected chi connectivity index (χ2v) is 5.08. The standard InChI is InChI=1S/C14H22O2/c1-4-5-6-7-8-14(3)11(2)9-12(15)10-13(14)16/h5-6,11H,4,7-10H2,1-3H3/b6-5-/t11-,14+/m1/s1. The summed E-state index contributed by atoms with van der Waals surface area (Å²) in [7, 11) is 0. The van der Waals surface area contributed by atoms with Crippen LogP contribution in [0.2, 0.25) is 0 Å². The topological polar surface area (TPSA) is 34.1 Å². The minimum absolute atomic E-state index is 0.110. The zero-order chi connectivity index (χ0) is 12.2. The number of allylic oxidation sites excluding steroid dienone is 2. The Morgan fingerprint density at radius 1 is 1.38 bits per heavy atom. The van der Waals surface area contributed by atoms with Gasteiger partial charge in [-0.15, -0.1) is 0 Å². The molecule has 0 heterocycles. The van der Waals surface area contributed by atoms with Crippen molar-refractivity contribution in [3.63, 3.8) is 0 Å². The Bertz CT molecular complexity index is 304. The molecule has 1 aliphatic carbocycles. The third-order valence-electron chi connectivity index (χ3n) is 3.85. The van der Waals surface area contributed by atoms with Crippen molar-refractivity contribution >= 4 is 11.6 Å². The van der Waals surface area contributed by atoms with Gasteiger partial charge in [0.25, 0.3) is 0 Å². The Hall–Kier alpha value is -0.920. The fourth-order valence-corrected chi connectivity index (χ4v) is 2.35. The van der Waals surface area contributed by atoms with E-state index >= 15 is 0 Å². The highest BCUT2D eigenvalue weighted by molar-refractivity contribution is 6.04. The molecule has 0 unspecified atom stereocenters. The third-order valence-corrected chi connectivity index (χ3v) is 3.85. The molecule has 1 fully saturated rings. The zero-order valence-electron chi connectivity index (χ0n) is 10.6. The summed E-state index contributed by atoms with van der Waals surface area (Å²) in [6.07, 6.45) is 7.84. The molecule has 2 heteroatoms. The molecule has 2 atom stereocenters. The van der Waals surface area contributed by atoms with Gasteiger partial charge in [0.05, 0.1) is 6.42 Å². The van der Waals surface area contributed by atoms with E-state index in [1.165, 1.54) is 0 Å². The molecule has 16 heavy (non-hydrogen) atoms. The van der Waals surface area contributed by atoms with E-state index < -0.39 is 0 Å². The van der Waals surface area contributed by atoms with Crippen LogP contribution >= 0.6 is 0 Å². The van der Waals surface area contributed by atoms with Gasteiger partial charge in [0.1, 0.15) is 11.6 Å². The highest BCUT2D eigenvalue weighted by atomic mass is 16.2. The van der Waals surface area contributed by atoms with Gasteiger partial charge in [0.15, 0.2) is 0 Å². The summed E-state index contributed by atoms with van der Waals surface area (Å²) >= 11 is 0. The minimum atomic E-state index is -0.286. The van der Waals surface area contributed by atoms with Gasteiger partial charge in [-0.2, -0.15) is 0 Å². The van der Waals surface area contributed by atoms with E-state index in [0.29, 0.717) is 6.42 Å². The molecule has 0 aliphatic heterocycles. The van der Waals surface area contributed by atoms with Crippen molar-refractivity contribution in [2.75, 3.05) is 0 Å². The Labute approximate surface area is 98.1 Å². The molecule has 0 spiro atoms. The highest BCUT2D eigenvalue weighted by Gasteiger charge is 2.42. The fraction of sp³-hybridized carbons (Fsp3) is 0.714. The first kappa shape index (κ1) is 13.1. The summed E-state index contributed by atoms with van der Waals surface area (Å²) in [6, 6.07) is 0. The van der Waals surface area contributed by atoms with Crippen LogP contribution in [0.1, 0.15) is 52.9 Å².